The van der Waals surface area contributed by atoms with Crippen molar-refractivity contribution in [2.45, 2.75) is 37.4 Å². The molecule has 2 aromatic rings. The van der Waals surface area contributed by atoms with Gasteiger partial charge in [-0.25, -0.2) is 4.98 Å². The van der Waals surface area contributed by atoms with Crippen LogP contribution in [0, 0.1) is 0 Å². The highest BCUT2D eigenvalue weighted by Gasteiger charge is 2.23. The van der Waals surface area contributed by atoms with Crippen LogP contribution in [0.5, 0.6) is 0 Å². The number of piperidine rings is 1. The number of benzene rings is 1. The Hall–Kier alpha value is -1.27. The zero-order chi connectivity index (χ0) is 16.2. The molecule has 1 amide bonds. The molecule has 1 saturated heterocycles. The molecule has 3 rings (SSSR count). The Balaban J connectivity index is 1.66. The van der Waals surface area contributed by atoms with E-state index in [-0.39, 0.29) is 5.91 Å². The lowest BCUT2D eigenvalue weighted by Crippen LogP contribution is -2.42. The molecule has 23 heavy (non-hydrogen) atoms. The van der Waals surface area contributed by atoms with E-state index in [0.717, 1.165) is 34.7 Å². The van der Waals surface area contributed by atoms with E-state index in [4.69, 9.17) is 0 Å². The number of likely N-dealkylation sites (tertiary alicyclic amines) is 1. The van der Waals surface area contributed by atoms with Crippen molar-refractivity contribution in [3.63, 3.8) is 0 Å². The molecule has 1 aromatic heterocycles. The smallest absolute Gasteiger partial charge is 0.233 e. The van der Waals surface area contributed by atoms with E-state index in [0.29, 0.717) is 11.8 Å². The average Bonchev–Trinajstić information content (AvgIpc) is 3.02. The van der Waals surface area contributed by atoms with Crippen LogP contribution in [0.3, 0.4) is 0 Å². The molecular weight excluding hydrogens is 374 g/mol. The molecule has 1 fully saturated rings. The van der Waals surface area contributed by atoms with Crippen LogP contribution in [0.25, 0.3) is 5.69 Å². The van der Waals surface area contributed by atoms with Crippen molar-refractivity contribution in [2.24, 2.45) is 0 Å². The second-order valence-electron chi connectivity index (χ2n) is 5.78. The Bertz CT molecular complexity index is 671. The summed E-state index contributed by atoms with van der Waals surface area (Å²) in [5.74, 6) is 0.658. The zero-order valence-electron chi connectivity index (χ0n) is 13.1. The molecule has 1 unspecified atom stereocenters. The van der Waals surface area contributed by atoms with E-state index in [1.165, 1.54) is 18.2 Å². The fourth-order valence-electron chi connectivity index (χ4n) is 2.87. The number of amides is 1. The van der Waals surface area contributed by atoms with Gasteiger partial charge in [0.2, 0.25) is 5.91 Å². The van der Waals surface area contributed by atoms with Crippen LogP contribution in [0.1, 0.15) is 26.2 Å². The van der Waals surface area contributed by atoms with Gasteiger partial charge in [-0.05, 0) is 50.5 Å². The topological polar surface area (TPSA) is 38.1 Å². The third kappa shape index (κ3) is 3.98. The number of nitrogens with zero attached hydrogens (tertiary/aromatic N) is 3. The molecule has 1 atom stereocenters. The summed E-state index contributed by atoms with van der Waals surface area (Å²) >= 11 is 4.95. The second kappa shape index (κ2) is 7.53. The van der Waals surface area contributed by atoms with Crippen LogP contribution < -0.4 is 0 Å². The molecule has 1 aliphatic rings. The summed E-state index contributed by atoms with van der Waals surface area (Å²) in [7, 11) is 0. The van der Waals surface area contributed by atoms with Crippen molar-refractivity contribution < 1.29 is 4.79 Å². The van der Waals surface area contributed by atoms with Crippen molar-refractivity contribution in [1.82, 2.24) is 14.5 Å². The lowest BCUT2D eigenvalue weighted by atomic mass is 10.0. The van der Waals surface area contributed by atoms with Gasteiger partial charge in [0.25, 0.3) is 0 Å². The van der Waals surface area contributed by atoms with E-state index in [1.54, 1.807) is 6.20 Å². The molecule has 0 spiro atoms. The molecule has 0 bridgehead atoms. The molecule has 122 valence electrons. The summed E-state index contributed by atoms with van der Waals surface area (Å²) < 4.78 is 3.06. The first-order chi connectivity index (χ1) is 11.1. The van der Waals surface area contributed by atoms with Crippen molar-refractivity contribution in [2.75, 3.05) is 12.3 Å². The van der Waals surface area contributed by atoms with Crippen LogP contribution >= 0.6 is 27.7 Å². The number of carbonyl (C=O) groups is 1. The maximum Gasteiger partial charge on any atom is 0.233 e. The Morgan fingerprint density at radius 2 is 2.13 bits per heavy atom. The van der Waals surface area contributed by atoms with Gasteiger partial charge in [-0.15, -0.1) is 0 Å². The van der Waals surface area contributed by atoms with E-state index >= 15 is 0 Å². The normalized spacial score (nSPS) is 18.2. The largest absolute Gasteiger partial charge is 0.339 e. The second-order valence-corrected chi connectivity index (χ2v) is 7.64. The summed E-state index contributed by atoms with van der Waals surface area (Å²) in [4.78, 5) is 18.9. The lowest BCUT2D eigenvalue weighted by molar-refractivity contribution is -0.131. The van der Waals surface area contributed by atoms with Gasteiger partial charge in [0.15, 0.2) is 5.16 Å². The highest BCUT2D eigenvalue weighted by atomic mass is 79.9. The lowest BCUT2D eigenvalue weighted by Gasteiger charge is -2.33. The standard InChI is InChI=1S/C17H20BrN3OS/c1-13-4-2-3-10-20(13)16(22)12-23-17-19-9-11-21(17)15-7-5-14(18)6-8-15/h5-9,11,13H,2-4,10,12H2,1H3. The van der Waals surface area contributed by atoms with Crippen LogP contribution in [0.15, 0.2) is 46.3 Å². The Morgan fingerprint density at radius 1 is 1.35 bits per heavy atom. The number of hydrogen-bond acceptors (Lipinski definition) is 3. The van der Waals surface area contributed by atoms with Gasteiger partial charge in [0.05, 0.1) is 5.75 Å². The Kier molecular flexibility index (Phi) is 5.43. The van der Waals surface area contributed by atoms with Gasteiger partial charge < -0.3 is 4.90 Å². The summed E-state index contributed by atoms with van der Waals surface area (Å²) in [5.41, 5.74) is 1.05. The number of rotatable bonds is 4. The van der Waals surface area contributed by atoms with Crippen LogP contribution in [0.4, 0.5) is 0 Å². The predicted octanol–water partition coefficient (Wildman–Crippen LogP) is 4.13. The summed E-state index contributed by atoms with van der Waals surface area (Å²) in [6.45, 7) is 3.03. The van der Waals surface area contributed by atoms with Gasteiger partial charge in [-0.2, -0.15) is 0 Å². The third-order valence-electron chi connectivity index (χ3n) is 4.16. The zero-order valence-corrected chi connectivity index (χ0v) is 15.5. The first kappa shape index (κ1) is 16.6. The quantitative estimate of drug-likeness (QED) is 0.732. The first-order valence-corrected chi connectivity index (χ1v) is 9.64. The highest BCUT2D eigenvalue weighted by molar-refractivity contribution is 9.10. The van der Waals surface area contributed by atoms with Crippen molar-refractivity contribution in [3.8, 4) is 5.69 Å². The fourth-order valence-corrected chi connectivity index (χ4v) is 4.00. The van der Waals surface area contributed by atoms with Gasteiger partial charge in [0.1, 0.15) is 0 Å². The number of thioether (sulfide) groups is 1. The van der Waals surface area contributed by atoms with Crippen LogP contribution in [-0.2, 0) is 4.79 Å². The van der Waals surface area contributed by atoms with E-state index in [2.05, 4.69) is 27.8 Å². The van der Waals surface area contributed by atoms with E-state index in [9.17, 15) is 4.79 Å². The molecular formula is C17H20BrN3OS. The van der Waals surface area contributed by atoms with Gasteiger partial charge in [-0.1, -0.05) is 27.7 Å². The predicted molar refractivity (Wildman–Crippen MR) is 97.0 cm³/mol. The minimum absolute atomic E-state index is 0.215. The fraction of sp³-hybridized carbons (Fsp3) is 0.412. The first-order valence-electron chi connectivity index (χ1n) is 7.87. The van der Waals surface area contributed by atoms with Gasteiger partial charge in [0, 0.05) is 35.1 Å². The summed E-state index contributed by atoms with van der Waals surface area (Å²) in [6.07, 6.45) is 7.17. The Labute approximate surface area is 149 Å². The van der Waals surface area contributed by atoms with Gasteiger partial charge in [-0.3, -0.25) is 9.36 Å². The highest BCUT2D eigenvalue weighted by Crippen LogP contribution is 2.24. The molecule has 0 N–H and O–H groups in total. The Morgan fingerprint density at radius 3 is 2.87 bits per heavy atom. The minimum Gasteiger partial charge on any atom is -0.339 e. The molecule has 0 saturated carbocycles. The number of hydrogen-bond donors (Lipinski definition) is 0. The molecule has 1 aliphatic heterocycles. The molecule has 2 heterocycles. The number of halogens is 1. The molecule has 1 aromatic carbocycles. The SMILES string of the molecule is CC1CCCCN1C(=O)CSc1nccn1-c1ccc(Br)cc1. The third-order valence-corrected chi connectivity index (χ3v) is 5.64. The summed E-state index contributed by atoms with van der Waals surface area (Å²) in [6, 6.07) is 8.44. The number of aromatic nitrogens is 2. The number of carbonyl (C=O) groups excluding carboxylic acids is 1. The maximum absolute atomic E-state index is 12.5. The molecule has 6 heteroatoms. The minimum atomic E-state index is 0.215. The van der Waals surface area contributed by atoms with Gasteiger partial charge >= 0.3 is 0 Å². The monoisotopic (exact) mass is 393 g/mol. The number of imidazole rings is 1. The van der Waals surface area contributed by atoms with Crippen LogP contribution in [-0.4, -0.2) is 38.7 Å². The van der Waals surface area contributed by atoms with Crippen LogP contribution in [0.2, 0.25) is 0 Å². The molecule has 0 radical (unpaired) electrons. The maximum atomic E-state index is 12.5. The average molecular weight is 394 g/mol. The summed E-state index contributed by atoms with van der Waals surface area (Å²) in [5, 5.41) is 0.852. The molecule has 4 nitrogen and oxygen atoms in total. The van der Waals surface area contributed by atoms with E-state index < -0.39 is 0 Å². The van der Waals surface area contributed by atoms with Crippen molar-refractivity contribution >= 4 is 33.6 Å². The molecule has 0 aliphatic carbocycles. The van der Waals surface area contributed by atoms with Crippen molar-refractivity contribution in [1.29, 1.82) is 0 Å². The van der Waals surface area contributed by atoms with E-state index in [1.807, 2.05) is 39.9 Å². The van der Waals surface area contributed by atoms with Crippen molar-refractivity contribution in [3.05, 3.63) is 41.1 Å².